The average Bonchev–Trinajstić information content (AvgIpc) is 2.54. The lowest BCUT2D eigenvalue weighted by Gasteiger charge is -2.05. The molecule has 0 N–H and O–H groups in total. The number of rotatable bonds is 3. The fourth-order valence-electron chi connectivity index (χ4n) is 1.72. The Morgan fingerprint density at radius 3 is 1.46 bits per heavy atom. The number of ether oxygens (including phenoxy) is 1. The van der Waals surface area contributed by atoms with Crippen molar-refractivity contribution in [2.45, 2.75) is 20.0 Å². The van der Waals surface area contributed by atoms with Crippen molar-refractivity contribution in [3.63, 3.8) is 0 Å². The van der Waals surface area contributed by atoms with E-state index in [0.29, 0.717) is 5.56 Å². The highest BCUT2D eigenvalue weighted by Crippen LogP contribution is 2.29. The number of carbonyl (C=O) groups is 2. The van der Waals surface area contributed by atoms with E-state index in [9.17, 15) is 22.8 Å². The molecular weight excluding hydrogens is 321 g/mol. The predicted molar refractivity (Wildman–Crippen MR) is 84.4 cm³/mol. The Morgan fingerprint density at radius 1 is 0.792 bits per heavy atom. The Bertz CT molecular complexity index is 687. The number of methoxy groups -OCH3 is 1. The van der Waals surface area contributed by atoms with Crippen LogP contribution in [-0.4, -0.2) is 18.7 Å². The molecule has 0 aromatic heterocycles. The summed E-state index contributed by atoms with van der Waals surface area (Å²) in [5.41, 5.74) is 0.260. The van der Waals surface area contributed by atoms with Gasteiger partial charge in [-0.25, -0.2) is 0 Å². The van der Waals surface area contributed by atoms with E-state index in [2.05, 4.69) is 0 Å². The van der Waals surface area contributed by atoms with Gasteiger partial charge in [0.05, 0.1) is 12.7 Å². The summed E-state index contributed by atoms with van der Waals surface area (Å²) in [4.78, 5) is 21.5. The monoisotopic (exact) mass is 338 g/mol. The Hall–Kier alpha value is -2.63. The lowest BCUT2D eigenvalue weighted by atomic mass is 10.1. The van der Waals surface area contributed by atoms with E-state index >= 15 is 0 Å². The van der Waals surface area contributed by atoms with Crippen molar-refractivity contribution < 1.29 is 27.5 Å². The minimum atomic E-state index is -4.34. The van der Waals surface area contributed by atoms with E-state index in [4.69, 9.17) is 4.74 Å². The van der Waals surface area contributed by atoms with Gasteiger partial charge in [-0.15, -0.1) is 0 Å². The topological polar surface area (TPSA) is 43.4 Å². The van der Waals surface area contributed by atoms with Crippen molar-refractivity contribution in [2.24, 2.45) is 0 Å². The molecule has 0 spiro atoms. The van der Waals surface area contributed by atoms with Crippen LogP contribution in [0.15, 0.2) is 48.5 Å². The van der Waals surface area contributed by atoms with Crippen LogP contribution in [0, 0.1) is 0 Å². The molecule has 3 nitrogen and oxygen atoms in total. The lowest BCUT2D eigenvalue weighted by molar-refractivity contribution is -0.137. The first-order chi connectivity index (χ1) is 11.1. The number of Topliss-reactive ketones (excluding diaryl/α,β-unsaturated/α-hetero) is 2. The van der Waals surface area contributed by atoms with Gasteiger partial charge in [-0.05, 0) is 50.2 Å². The van der Waals surface area contributed by atoms with E-state index in [-0.39, 0.29) is 17.1 Å². The first-order valence-corrected chi connectivity index (χ1v) is 6.98. The summed E-state index contributed by atoms with van der Waals surface area (Å²) in [6.07, 6.45) is -4.34. The average molecular weight is 338 g/mol. The van der Waals surface area contributed by atoms with E-state index in [1.165, 1.54) is 19.1 Å². The molecule has 0 atom stereocenters. The summed E-state index contributed by atoms with van der Waals surface area (Å²) in [6.45, 7) is 2.85. The van der Waals surface area contributed by atoms with Gasteiger partial charge in [0.2, 0.25) is 0 Å². The molecular formula is C18H17F3O3. The number of benzene rings is 2. The molecule has 0 fully saturated rings. The van der Waals surface area contributed by atoms with Crippen molar-refractivity contribution in [1.82, 2.24) is 0 Å². The molecule has 2 aromatic carbocycles. The van der Waals surface area contributed by atoms with Crippen molar-refractivity contribution in [3.8, 4) is 5.75 Å². The van der Waals surface area contributed by atoms with Gasteiger partial charge in [0.15, 0.2) is 11.6 Å². The maximum atomic E-state index is 12.0. The molecule has 128 valence electrons. The van der Waals surface area contributed by atoms with Crippen LogP contribution in [0.2, 0.25) is 0 Å². The van der Waals surface area contributed by atoms with Gasteiger partial charge < -0.3 is 4.74 Å². The summed E-state index contributed by atoms with van der Waals surface area (Å²) >= 11 is 0. The molecule has 6 heteroatoms. The van der Waals surface area contributed by atoms with Gasteiger partial charge in [0.25, 0.3) is 0 Å². The molecule has 0 radical (unpaired) electrons. The predicted octanol–water partition coefficient (Wildman–Crippen LogP) is 4.81. The van der Waals surface area contributed by atoms with Crippen molar-refractivity contribution in [3.05, 3.63) is 65.2 Å². The SMILES string of the molecule is CC(=O)c1ccc(C(F)(F)F)cc1.COc1ccc(C(C)=O)cc1. The van der Waals surface area contributed by atoms with E-state index < -0.39 is 11.7 Å². The van der Waals surface area contributed by atoms with Gasteiger partial charge >= 0.3 is 6.18 Å². The normalized spacial score (nSPS) is 10.4. The molecule has 24 heavy (non-hydrogen) atoms. The minimum absolute atomic E-state index is 0.0765. The summed E-state index contributed by atoms with van der Waals surface area (Å²) in [5.74, 6) is 0.608. The van der Waals surface area contributed by atoms with Crippen LogP contribution in [0.25, 0.3) is 0 Å². The van der Waals surface area contributed by atoms with Crippen LogP contribution in [0.3, 0.4) is 0 Å². The molecule has 0 aliphatic heterocycles. The molecule has 0 saturated heterocycles. The Labute approximate surface area is 138 Å². The zero-order chi connectivity index (χ0) is 18.3. The second-order valence-corrected chi connectivity index (χ2v) is 4.92. The molecule has 2 aromatic rings. The van der Waals surface area contributed by atoms with Crippen molar-refractivity contribution in [2.75, 3.05) is 7.11 Å². The maximum absolute atomic E-state index is 12.0. The van der Waals surface area contributed by atoms with Gasteiger partial charge in [0.1, 0.15) is 5.75 Å². The highest BCUT2D eigenvalue weighted by Gasteiger charge is 2.29. The lowest BCUT2D eigenvalue weighted by Crippen LogP contribution is -2.05. The third-order valence-corrected chi connectivity index (χ3v) is 3.12. The number of carbonyl (C=O) groups excluding carboxylic acids is 2. The number of halogens is 3. The fraction of sp³-hybridized carbons (Fsp3) is 0.222. The zero-order valence-electron chi connectivity index (χ0n) is 13.5. The zero-order valence-corrected chi connectivity index (χ0v) is 13.5. The number of alkyl halides is 3. The number of hydrogen-bond donors (Lipinski definition) is 0. The van der Waals surface area contributed by atoms with Crippen LogP contribution in [0.1, 0.15) is 40.1 Å². The molecule has 0 aliphatic carbocycles. The Morgan fingerprint density at radius 2 is 1.17 bits per heavy atom. The van der Waals surface area contributed by atoms with Crippen molar-refractivity contribution in [1.29, 1.82) is 0 Å². The highest BCUT2D eigenvalue weighted by molar-refractivity contribution is 5.94. The molecule has 0 heterocycles. The number of hydrogen-bond acceptors (Lipinski definition) is 3. The molecule has 0 amide bonds. The Kier molecular flexibility index (Phi) is 6.70. The minimum Gasteiger partial charge on any atom is -0.497 e. The van der Waals surface area contributed by atoms with Crippen LogP contribution in [-0.2, 0) is 6.18 Å². The first kappa shape index (κ1) is 19.4. The van der Waals surface area contributed by atoms with Gasteiger partial charge in [-0.3, -0.25) is 9.59 Å². The largest absolute Gasteiger partial charge is 0.497 e. The Balaban J connectivity index is 0.000000243. The van der Waals surface area contributed by atoms with E-state index in [0.717, 1.165) is 17.9 Å². The van der Waals surface area contributed by atoms with Gasteiger partial charge in [0, 0.05) is 11.1 Å². The summed E-state index contributed by atoms with van der Waals surface area (Å²) in [6, 6.07) is 11.2. The summed E-state index contributed by atoms with van der Waals surface area (Å²) in [7, 11) is 1.60. The fourth-order valence-corrected chi connectivity index (χ4v) is 1.72. The number of ketones is 2. The second-order valence-electron chi connectivity index (χ2n) is 4.92. The van der Waals surface area contributed by atoms with Crippen molar-refractivity contribution >= 4 is 11.6 Å². The standard InChI is InChI=1S/C9H7F3O.C9H10O2/c1-6(13)7-2-4-8(5-3-7)9(10,11)12;1-7(10)8-3-5-9(11-2)6-4-8/h2-5H,1H3;3-6H,1-2H3. The smallest absolute Gasteiger partial charge is 0.416 e. The van der Waals surface area contributed by atoms with Crippen LogP contribution >= 0.6 is 0 Å². The van der Waals surface area contributed by atoms with Crippen LogP contribution < -0.4 is 4.74 Å². The molecule has 0 unspecified atom stereocenters. The van der Waals surface area contributed by atoms with Gasteiger partial charge in [-0.1, -0.05) is 12.1 Å². The second kappa shape index (κ2) is 8.29. The molecule has 0 bridgehead atoms. The van der Waals surface area contributed by atoms with Crippen LogP contribution in [0.5, 0.6) is 5.75 Å². The summed E-state index contributed by atoms with van der Waals surface area (Å²) < 4.78 is 41.0. The van der Waals surface area contributed by atoms with E-state index in [1.54, 1.807) is 38.3 Å². The molecule has 0 saturated carbocycles. The molecule has 2 rings (SSSR count). The third kappa shape index (κ3) is 5.87. The van der Waals surface area contributed by atoms with Gasteiger partial charge in [-0.2, -0.15) is 13.2 Å². The summed E-state index contributed by atoms with van der Waals surface area (Å²) in [5, 5.41) is 0. The van der Waals surface area contributed by atoms with E-state index in [1.807, 2.05) is 0 Å². The maximum Gasteiger partial charge on any atom is 0.416 e. The quantitative estimate of drug-likeness (QED) is 0.755. The third-order valence-electron chi connectivity index (χ3n) is 3.12. The van der Waals surface area contributed by atoms with Crippen LogP contribution in [0.4, 0.5) is 13.2 Å². The first-order valence-electron chi connectivity index (χ1n) is 6.98. The molecule has 0 aliphatic rings. The highest BCUT2D eigenvalue weighted by atomic mass is 19.4.